The van der Waals surface area contributed by atoms with Gasteiger partial charge in [0.15, 0.2) is 0 Å². The second kappa shape index (κ2) is 6.01. The molecule has 1 heterocycles. The van der Waals surface area contributed by atoms with Gasteiger partial charge in [-0.1, -0.05) is 5.47 Å². The van der Waals surface area contributed by atoms with Crippen molar-refractivity contribution in [3.63, 3.8) is 0 Å². The van der Waals surface area contributed by atoms with Crippen LogP contribution in [-0.4, -0.2) is 46.9 Å². The molecule has 0 radical (unpaired) electrons. The van der Waals surface area contributed by atoms with Crippen LogP contribution in [0, 0.1) is 0 Å². The van der Waals surface area contributed by atoms with Crippen molar-refractivity contribution in [2.45, 2.75) is 71.7 Å². The van der Waals surface area contributed by atoms with Gasteiger partial charge in [-0.3, -0.25) is 4.90 Å². The third kappa shape index (κ3) is 5.36. The van der Waals surface area contributed by atoms with Crippen LogP contribution in [0.25, 0.3) is 0 Å². The summed E-state index contributed by atoms with van der Waals surface area (Å²) in [6, 6.07) is 0. The summed E-state index contributed by atoms with van der Waals surface area (Å²) in [5.41, 5.74) is -1.06. The molecule has 0 atom stereocenters. The molecule has 0 unspecified atom stereocenters. The standard InChI is InChI=1S/C15H28BNO4/c1-13(2,3)20-12(18)17-9-8-11(10-17)16-21-15(6,7)14(4,5)19/h10,16,19H,8-9H2,1-7H3. The zero-order valence-corrected chi connectivity index (χ0v) is 14.3. The molecule has 0 saturated carbocycles. The SMILES string of the molecule is CC(C)(C)OC(=O)N1C=C(BOC(C)(C)C(C)(C)O)CC1. The molecule has 1 N–H and O–H groups in total. The van der Waals surface area contributed by atoms with E-state index in [0.29, 0.717) is 14.0 Å². The van der Waals surface area contributed by atoms with Gasteiger partial charge in [-0.25, -0.2) is 4.79 Å². The normalized spacial score (nSPS) is 16.8. The molecular formula is C15H28BNO4. The maximum Gasteiger partial charge on any atom is 0.414 e. The number of ether oxygens (including phenoxy) is 1. The van der Waals surface area contributed by atoms with Crippen LogP contribution in [0.1, 0.15) is 54.9 Å². The van der Waals surface area contributed by atoms with Gasteiger partial charge in [0.05, 0.1) is 11.2 Å². The van der Waals surface area contributed by atoms with E-state index in [9.17, 15) is 9.90 Å². The summed E-state index contributed by atoms with van der Waals surface area (Å²) in [6.07, 6.45) is 2.22. The number of carbonyl (C=O) groups excluding carboxylic acids is 1. The van der Waals surface area contributed by atoms with Gasteiger partial charge in [0.2, 0.25) is 0 Å². The molecule has 0 aromatic rings. The predicted molar refractivity (Wildman–Crippen MR) is 84.3 cm³/mol. The molecule has 0 fully saturated rings. The van der Waals surface area contributed by atoms with Crippen LogP contribution in [0.2, 0.25) is 0 Å². The smallest absolute Gasteiger partial charge is 0.414 e. The van der Waals surface area contributed by atoms with E-state index in [-0.39, 0.29) is 6.09 Å². The largest absolute Gasteiger partial charge is 0.443 e. The summed E-state index contributed by atoms with van der Waals surface area (Å²) in [5.74, 6) is 0. The average Bonchev–Trinajstić information content (AvgIpc) is 2.71. The number of nitrogens with zero attached hydrogens (tertiary/aromatic N) is 1. The Morgan fingerprint density at radius 2 is 1.81 bits per heavy atom. The third-order valence-electron chi connectivity index (χ3n) is 3.73. The Hall–Kier alpha value is -1.01. The first kappa shape index (κ1) is 18.0. The molecule has 0 aromatic heterocycles. The van der Waals surface area contributed by atoms with E-state index in [0.717, 1.165) is 11.9 Å². The first-order valence-electron chi connectivity index (χ1n) is 7.37. The lowest BCUT2D eigenvalue weighted by Crippen LogP contribution is -2.48. The van der Waals surface area contributed by atoms with Gasteiger partial charge in [0, 0.05) is 12.7 Å². The Labute approximate surface area is 128 Å². The molecule has 0 aliphatic carbocycles. The van der Waals surface area contributed by atoms with Crippen molar-refractivity contribution in [3.8, 4) is 0 Å². The Morgan fingerprint density at radius 1 is 1.24 bits per heavy atom. The summed E-state index contributed by atoms with van der Waals surface area (Å²) in [5, 5.41) is 10.1. The van der Waals surface area contributed by atoms with Gasteiger partial charge >= 0.3 is 13.6 Å². The van der Waals surface area contributed by atoms with E-state index < -0.39 is 16.8 Å². The number of aliphatic hydroxyl groups is 1. The molecule has 21 heavy (non-hydrogen) atoms. The molecular weight excluding hydrogens is 269 g/mol. The van der Waals surface area contributed by atoms with E-state index in [1.165, 1.54) is 0 Å². The third-order valence-corrected chi connectivity index (χ3v) is 3.73. The minimum atomic E-state index is -0.934. The van der Waals surface area contributed by atoms with Crippen molar-refractivity contribution in [3.05, 3.63) is 11.7 Å². The van der Waals surface area contributed by atoms with Crippen LogP contribution < -0.4 is 0 Å². The Bertz CT molecular complexity index is 418. The highest BCUT2D eigenvalue weighted by Gasteiger charge is 2.36. The van der Waals surface area contributed by atoms with Crippen LogP contribution in [0.3, 0.4) is 0 Å². The highest BCUT2D eigenvalue weighted by molar-refractivity contribution is 6.38. The number of carbonyl (C=O) groups is 1. The number of amides is 1. The monoisotopic (exact) mass is 297 g/mol. The minimum Gasteiger partial charge on any atom is -0.443 e. The second-order valence-corrected chi connectivity index (χ2v) is 7.57. The molecule has 1 aliphatic rings. The maximum atomic E-state index is 11.9. The highest BCUT2D eigenvalue weighted by Crippen LogP contribution is 2.26. The van der Waals surface area contributed by atoms with E-state index in [1.54, 1.807) is 24.9 Å². The summed E-state index contributed by atoms with van der Waals surface area (Å²) < 4.78 is 11.1. The van der Waals surface area contributed by atoms with Gasteiger partial charge in [-0.05, 0) is 54.9 Å². The fraction of sp³-hybridized carbons (Fsp3) is 0.800. The van der Waals surface area contributed by atoms with Crippen LogP contribution in [0.15, 0.2) is 11.7 Å². The quantitative estimate of drug-likeness (QED) is 0.809. The molecule has 0 spiro atoms. The van der Waals surface area contributed by atoms with Crippen molar-refractivity contribution >= 4 is 13.6 Å². The fourth-order valence-electron chi connectivity index (χ4n) is 1.64. The first-order valence-corrected chi connectivity index (χ1v) is 7.37. The van der Waals surface area contributed by atoms with Crippen molar-refractivity contribution < 1.29 is 19.3 Å². The van der Waals surface area contributed by atoms with Gasteiger partial charge < -0.3 is 14.5 Å². The summed E-state index contributed by atoms with van der Waals surface area (Å²) in [7, 11) is 0.399. The topological polar surface area (TPSA) is 59.0 Å². The molecule has 1 aliphatic heterocycles. The van der Waals surface area contributed by atoms with Crippen LogP contribution in [0.5, 0.6) is 0 Å². The lowest BCUT2D eigenvalue weighted by molar-refractivity contribution is -0.0897. The average molecular weight is 297 g/mol. The molecule has 0 bridgehead atoms. The molecule has 1 rings (SSSR count). The zero-order valence-electron chi connectivity index (χ0n) is 14.3. The summed E-state index contributed by atoms with van der Waals surface area (Å²) in [6.45, 7) is 13.3. The van der Waals surface area contributed by atoms with E-state index in [1.807, 2.05) is 34.6 Å². The van der Waals surface area contributed by atoms with Crippen LogP contribution >= 0.6 is 0 Å². The highest BCUT2D eigenvalue weighted by atomic mass is 16.6. The molecule has 6 heteroatoms. The molecule has 120 valence electrons. The van der Waals surface area contributed by atoms with E-state index in [2.05, 4.69) is 0 Å². The molecule has 5 nitrogen and oxygen atoms in total. The predicted octanol–water partition coefficient (Wildman–Crippen LogP) is 2.39. The Kier molecular flexibility index (Phi) is 5.16. The van der Waals surface area contributed by atoms with E-state index >= 15 is 0 Å². The molecule has 1 amide bonds. The van der Waals surface area contributed by atoms with Crippen molar-refractivity contribution in [1.82, 2.24) is 4.90 Å². The second-order valence-electron chi connectivity index (χ2n) is 7.57. The van der Waals surface area contributed by atoms with Gasteiger partial charge in [-0.15, -0.1) is 0 Å². The minimum absolute atomic E-state index is 0.334. The summed E-state index contributed by atoms with van der Waals surface area (Å²) in [4.78, 5) is 13.5. The van der Waals surface area contributed by atoms with Crippen LogP contribution in [-0.2, 0) is 9.39 Å². The van der Waals surface area contributed by atoms with Gasteiger partial charge in [-0.2, -0.15) is 0 Å². The maximum absolute atomic E-state index is 11.9. The van der Waals surface area contributed by atoms with Crippen molar-refractivity contribution in [1.29, 1.82) is 0 Å². The summed E-state index contributed by atoms with van der Waals surface area (Å²) >= 11 is 0. The molecule has 0 saturated heterocycles. The van der Waals surface area contributed by atoms with Gasteiger partial charge in [0.1, 0.15) is 5.60 Å². The fourth-order valence-corrected chi connectivity index (χ4v) is 1.64. The Balaban J connectivity index is 2.56. The Morgan fingerprint density at radius 3 is 2.29 bits per heavy atom. The molecule has 0 aromatic carbocycles. The first-order chi connectivity index (χ1) is 9.32. The van der Waals surface area contributed by atoms with Crippen molar-refractivity contribution in [2.24, 2.45) is 0 Å². The number of rotatable bonds is 4. The van der Waals surface area contributed by atoms with E-state index in [4.69, 9.17) is 9.39 Å². The lowest BCUT2D eigenvalue weighted by Gasteiger charge is -2.37. The van der Waals surface area contributed by atoms with Crippen LogP contribution in [0.4, 0.5) is 4.79 Å². The van der Waals surface area contributed by atoms with Gasteiger partial charge in [0.25, 0.3) is 0 Å². The number of hydrogen-bond acceptors (Lipinski definition) is 4. The number of hydrogen-bond donors (Lipinski definition) is 1. The van der Waals surface area contributed by atoms with Crippen molar-refractivity contribution in [2.75, 3.05) is 6.54 Å². The zero-order chi connectivity index (χ0) is 16.5. The lowest BCUT2D eigenvalue weighted by atomic mass is 9.82.